The van der Waals surface area contributed by atoms with Gasteiger partial charge in [0.25, 0.3) is 0 Å². The molecule has 0 fully saturated rings. The zero-order valence-corrected chi connectivity index (χ0v) is 18.6. The Balaban J connectivity index is 1.65. The minimum absolute atomic E-state index is 0.0904. The highest BCUT2D eigenvalue weighted by Gasteiger charge is 2.39. The minimum atomic E-state index is -0.455. The molecule has 166 valence electrons. The fourth-order valence-corrected chi connectivity index (χ4v) is 4.52. The van der Waals surface area contributed by atoms with E-state index in [-0.39, 0.29) is 18.4 Å². The van der Waals surface area contributed by atoms with Gasteiger partial charge in [0.05, 0.1) is 18.8 Å². The molecule has 0 aromatic heterocycles. The number of dihydropyridines is 1. The first kappa shape index (κ1) is 21.9. The molecule has 5 nitrogen and oxygen atoms in total. The van der Waals surface area contributed by atoms with Gasteiger partial charge < -0.3 is 14.8 Å². The van der Waals surface area contributed by atoms with Crippen molar-refractivity contribution >= 4 is 11.8 Å². The topological polar surface area (TPSA) is 64.6 Å². The van der Waals surface area contributed by atoms with Gasteiger partial charge in [0.1, 0.15) is 5.75 Å². The van der Waals surface area contributed by atoms with E-state index in [1.165, 1.54) is 0 Å². The lowest BCUT2D eigenvalue weighted by molar-refractivity contribution is -0.139. The Bertz CT molecular complexity index is 1070. The van der Waals surface area contributed by atoms with Crippen LogP contribution >= 0.6 is 0 Å². The van der Waals surface area contributed by atoms with Crippen LogP contribution in [0.5, 0.6) is 5.75 Å². The second kappa shape index (κ2) is 9.86. The van der Waals surface area contributed by atoms with Crippen molar-refractivity contribution in [1.29, 1.82) is 0 Å². The molecule has 0 saturated carbocycles. The van der Waals surface area contributed by atoms with Crippen molar-refractivity contribution in [1.82, 2.24) is 5.32 Å². The van der Waals surface area contributed by atoms with Crippen LogP contribution in [-0.2, 0) is 20.7 Å². The summed E-state index contributed by atoms with van der Waals surface area (Å²) in [6.45, 7) is 4.65. The molecule has 0 bridgehead atoms. The van der Waals surface area contributed by atoms with Crippen molar-refractivity contribution in [3.63, 3.8) is 0 Å². The number of benzene rings is 2. The van der Waals surface area contributed by atoms with E-state index in [0.29, 0.717) is 30.6 Å². The summed E-state index contributed by atoms with van der Waals surface area (Å²) in [5.41, 5.74) is 4.84. The fraction of sp³-hybridized carbons (Fsp3) is 0.333. The number of ketones is 1. The Kier molecular flexibility index (Phi) is 6.74. The van der Waals surface area contributed by atoms with Crippen molar-refractivity contribution < 1.29 is 19.1 Å². The van der Waals surface area contributed by atoms with Gasteiger partial charge in [-0.2, -0.15) is 0 Å². The summed E-state index contributed by atoms with van der Waals surface area (Å²) < 4.78 is 11.4. The van der Waals surface area contributed by atoms with Crippen LogP contribution in [0.2, 0.25) is 0 Å². The summed E-state index contributed by atoms with van der Waals surface area (Å²) in [6, 6.07) is 17.6. The van der Waals surface area contributed by atoms with E-state index in [1.807, 2.05) is 68.4 Å². The molecular formula is C27H29NO4. The van der Waals surface area contributed by atoms with Gasteiger partial charge in [0.15, 0.2) is 5.78 Å². The SMILES string of the molecule is CCOc1cccc([C@H]2C(C(=O)OCCc3ccccc3)=C(C)NC3=C2C(=O)CCC3)c1. The highest BCUT2D eigenvalue weighted by molar-refractivity contribution is 6.03. The van der Waals surface area contributed by atoms with Crippen molar-refractivity contribution in [2.45, 2.75) is 45.4 Å². The Labute approximate surface area is 189 Å². The van der Waals surface area contributed by atoms with Crippen molar-refractivity contribution in [2.24, 2.45) is 0 Å². The Morgan fingerprint density at radius 1 is 1.09 bits per heavy atom. The number of rotatable bonds is 7. The van der Waals surface area contributed by atoms with Crippen LogP contribution in [-0.4, -0.2) is 25.0 Å². The standard InChI is InChI=1S/C27H29NO4/c1-3-31-21-12-7-11-20(17-21)25-24(18(2)28-22-13-8-14-23(29)26(22)25)27(30)32-16-15-19-9-5-4-6-10-19/h4-7,9-12,17,25,28H,3,8,13-16H2,1-2H3/t25-/m0/s1. The van der Waals surface area contributed by atoms with Crippen LogP contribution in [0.4, 0.5) is 0 Å². The van der Waals surface area contributed by atoms with E-state index < -0.39 is 5.92 Å². The lowest BCUT2D eigenvalue weighted by Gasteiger charge is -2.34. The lowest BCUT2D eigenvalue weighted by Crippen LogP contribution is -2.34. The molecule has 32 heavy (non-hydrogen) atoms. The average Bonchev–Trinajstić information content (AvgIpc) is 2.79. The molecule has 4 rings (SSSR count). The molecule has 2 aromatic carbocycles. The first-order chi connectivity index (χ1) is 15.6. The molecule has 1 N–H and O–H groups in total. The summed E-state index contributed by atoms with van der Waals surface area (Å²) in [5.74, 6) is -0.0256. The smallest absolute Gasteiger partial charge is 0.336 e. The summed E-state index contributed by atoms with van der Waals surface area (Å²) in [7, 11) is 0. The van der Waals surface area contributed by atoms with Crippen LogP contribution in [0, 0.1) is 0 Å². The van der Waals surface area contributed by atoms with Gasteiger partial charge in [-0.3, -0.25) is 4.79 Å². The van der Waals surface area contributed by atoms with E-state index in [4.69, 9.17) is 9.47 Å². The quantitative estimate of drug-likeness (QED) is 0.636. The maximum Gasteiger partial charge on any atom is 0.336 e. The van der Waals surface area contributed by atoms with Gasteiger partial charge in [-0.25, -0.2) is 4.79 Å². The number of carbonyl (C=O) groups excluding carboxylic acids is 2. The maximum absolute atomic E-state index is 13.3. The highest BCUT2D eigenvalue weighted by atomic mass is 16.5. The molecular weight excluding hydrogens is 402 g/mol. The third-order valence-corrected chi connectivity index (χ3v) is 5.96. The predicted octanol–water partition coefficient (Wildman–Crippen LogP) is 4.84. The normalized spacial score (nSPS) is 18.2. The van der Waals surface area contributed by atoms with Gasteiger partial charge >= 0.3 is 5.97 Å². The van der Waals surface area contributed by atoms with Crippen molar-refractivity contribution in [3.8, 4) is 5.75 Å². The largest absolute Gasteiger partial charge is 0.494 e. The van der Waals surface area contributed by atoms with Crippen LogP contribution in [0.15, 0.2) is 77.1 Å². The van der Waals surface area contributed by atoms with Gasteiger partial charge in [-0.15, -0.1) is 0 Å². The van der Waals surface area contributed by atoms with E-state index in [9.17, 15) is 9.59 Å². The molecule has 2 aliphatic rings. The van der Waals surface area contributed by atoms with Crippen LogP contribution in [0.1, 0.15) is 50.2 Å². The summed E-state index contributed by atoms with van der Waals surface area (Å²) in [4.78, 5) is 26.3. The zero-order valence-electron chi connectivity index (χ0n) is 18.6. The molecule has 0 saturated heterocycles. The molecule has 0 amide bonds. The third-order valence-electron chi connectivity index (χ3n) is 5.96. The highest BCUT2D eigenvalue weighted by Crippen LogP contribution is 2.43. The maximum atomic E-state index is 13.3. The summed E-state index contributed by atoms with van der Waals surface area (Å²) >= 11 is 0. The van der Waals surface area contributed by atoms with E-state index in [1.54, 1.807) is 0 Å². The number of nitrogens with one attached hydrogen (secondary N) is 1. The molecule has 1 aliphatic heterocycles. The number of carbonyl (C=O) groups is 2. The number of hydrogen-bond acceptors (Lipinski definition) is 5. The molecule has 0 unspecified atom stereocenters. The average molecular weight is 432 g/mol. The van der Waals surface area contributed by atoms with Crippen LogP contribution in [0.25, 0.3) is 0 Å². The molecule has 0 spiro atoms. The molecule has 1 aliphatic carbocycles. The van der Waals surface area contributed by atoms with Crippen LogP contribution in [0.3, 0.4) is 0 Å². The molecule has 2 aromatic rings. The minimum Gasteiger partial charge on any atom is -0.494 e. The van der Waals surface area contributed by atoms with Gasteiger partial charge in [-0.1, -0.05) is 42.5 Å². The van der Waals surface area contributed by atoms with Crippen LogP contribution < -0.4 is 10.1 Å². The predicted molar refractivity (Wildman–Crippen MR) is 123 cm³/mol. The van der Waals surface area contributed by atoms with Gasteiger partial charge in [0, 0.05) is 35.7 Å². The Morgan fingerprint density at radius 2 is 1.91 bits per heavy atom. The lowest BCUT2D eigenvalue weighted by atomic mass is 9.75. The first-order valence-electron chi connectivity index (χ1n) is 11.3. The van der Waals surface area contributed by atoms with E-state index in [2.05, 4.69) is 5.32 Å². The second-order valence-corrected chi connectivity index (χ2v) is 8.14. The zero-order chi connectivity index (χ0) is 22.5. The molecule has 1 heterocycles. The third kappa shape index (κ3) is 4.62. The van der Waals surface area contributed by atoms with E-state index in [0.717, 1.165) is 41.1 Å². The monoisotopic (exact) mass is 431 g/mol. The second-order valence-electron chi connectivity index (χ2n) is 8.14. The number of ether oxygens (including phenoxy) is 2. The van der Waals surface area contributed by atoms with Gasteiger partial charge in [-0.05, 0) is 49.9 Å². The number of esters is 1. The molecule has 5 heteroatoms. The molecule has 1 atom stereocenters. The molecule has 0 radical (unpaired) electrons. The van der Waals surface area contributed by atoms with Gasteiger partial charge in [0.2, 0.25) is 0 Å². The first-order valence-corrected chi connectivity index (χ1v) is 11.3. The summed E-state index contributed by atoms with van der Waals surface area (Å²) in [5, 5.41) is 3.33. The summed E-state index contributed by atoms with van der Waals surface area (Å²) in [6.07, 6.45) is 2.76. The van der Waals surface area contributed by atoms with E-state index >= 15 is 0 Å². The number of Topliss-reactive ketones (excluding diaryl/α,β-unsaturated/α-hetero) is 1. The Hall–Kier alpha value is -3.34. The van der Waals surface area contributed by atoms with Crippen molar-refractivity contribution in [2.75, 3.05) is 13.2 Å². The number of hydrogen-bond donors (Lipinski definition) is 1. The van der Waals surface area contributed by atoms with Crippen molar-refractivity contribution in [3.05, 3.63) is 88.3 Å². The fourth-order valence-electron chi connectivity index (χ4n) is 4.52. The Morgan fingerprint density at radius 3 is 2.69 bits per heavy atom. The number of allylic oxidation sites excluding steroid dienone is 3.